The highest BCUT2D eigenvalue weighted by molar-refractivity contribution is 7.98. The minimum Gasteiger partial charge on any atom is -0.347 e. The highest BCUT2D eigenvalue weighted by Gasteiger charge is 2.26. The highest BCUT2D eigenvalue weighted by atomic mass is 32.2. The Morgan fingerprint density at radius 3 is 2.76 bits per heavy atom. The van der Waals surface area contributed by atoms with Gasteiger partial charge >= 0.3 is 0 Å². The van der Waals surface area contributed by atoms with Crippen LogP contribution in [-0.4, -0.2) is 47.1 Å². The molecule has 1 unspecified atom stereocenters. The molecule has 1 aromatic heterocycles. The van der Waals surface area contributed by atoms with Crippen molar-refractivity contribution in [3.05, 3.63) is 42.0 Å². The van der Waals surface area contributed by atoms with Crippen molar-refractivity contribution in [1.29, 1.82) is 0 Å². The van der Waals surface area contributed by atoms with E-state index in [1.807, 2.05) is 6.26 Å². The number of aromatic nitrogens is 3. The third-order valence-electron chi connectivity index (χ3n) is 4.88. The van der Waals surface area contributed by atoms with Gasteiger partial charge < -0.3 is 9.88 Å². The second-order valence-electron chi connectivity index (χ2n) is 6.98. The fraction of sp³-hybridized carbons (Fsp3) is 0.526. The van der Waals surface area contributed by atoms with Crippen LogP contribution in [0.5, 0.6) is 0 Å². The Balaban J connectivity index is 1.67. The third-order valence-corrected chi connectivity index (χ3v) is 7.02. The quantitative estimate of drug-likeness (QED) is 0.619. The first-order chi connectivity index (χ1) is 14.0. The molecule has 2 N–H and O–H groups in total. The van der Waals surface area contributed by atoms with Gasteiger partial charge in [-0.05, 0) is 43.4 Å². The zero-order valence-electron chi connectivity index (χ0n) is 16.5. The number of sulfonamides is 1. The van der Waals surface area contributed by atoms with E-state index >= 15 is 0 Å². The smallest absolute Gasteiger partial charge is 0.241 e. The first-order valence-electron chi connectivity index (χ1n) is 9.76. The number of benzene rings is 1. The minimum atomic E-state index is -3.78. The Labute approximate surface area is 175 Å². The Kier molecular flexibility index (Phi) is 7.68. The van der Waals surface area contributed by atoms with Gasteiger partial charge in [-0.15, -0.1) is 10.2 Å². The molecule has 2 aromatic rings. The first kappa shape index (κ1) is 21.8. The van der Waals surface area contributed by atoms with Gasteiger partial charge in [0.05, 0.1) is 11.4 Å². The van der Waals surface area contributed by atoms with Crippen LogP contribution in [0.25, 0.3) is 0 Å². The Morgan fingerprint density at radius 1 is 1.21 bits per heavy atom. The maximum Gasteiger partial charge on any atom is 0.241 e. The van der Waals surface area contributed by atoms with Gasteiger partial charge in [0.15, 0.2) is 5.82 Å². The molecule has 0 fully saturated rings. The van der Waals surface area contributed by atoms with Crippen LogP contribution < -0.4 is 10.0 Å². The Morgan fingerprint density at radius 2 is 2.00 bits per heavy atom. The summed E-state index contributed by atoms with van der Waals surface area (Å²) in [6, 6.07) is 7.23. The van der Waals surface area contributed by atoms with Crippen molar-refractivity contribution >= 4 is 27.7 Å². The van der Waals surface area contributed by atoms with Crippen molar-refractivity contribution in [3.63, 3.8) is 0 Å². The van der Waals surface area contributed by atoms with Gasteiger partial charge in [0, 0.05) is 13.0 Å². The standard InChI is InChI=1S/C19H27N5O3S2/c1-28-13-11-16(23-29(26,27)15-8-4-2-5-9-15)19(25)20-14-18-22-21-17-10-6-3-7-12-24(17)18/h2,4-5,8-9,16,23H,3,6-7,10-14H2,1H3,(H,20,25). The molecule has 1 aromatic carbocycles. The molecule has 0 saturated carbocycles. The van der Waals surface area contributed by atoms with Gasteiger partial charge in [-0.3, -0.25) is 4.79 Å². The summed E-state index contributed by atoms with van der Waals surface area (Å²) in [7, 11) is -3.78. The summed E-state index contributed by atoms with van der Waals surface area (Å²) < 4.78 is 29.9. The monoisotopic (exact) mass is 437 g/mol. The molecule has 0 radical (unpaired) electrons. The van der Waals surface area contributed by atoms with Crippen molar-refractivity contribution in [2.75, 3.05) is 12.0 Å². The van der Waals surface area contributed by atoms with Crippen molar-refractivity contribution in [2.24, 2.45) is 0 Å². The van der Waals surface area contributed by atoms with Crippen LogP contribution >= 0.6 is 11.8 Å². The number of nitrogens with zero attached hydrogens (tertiary/aromatic N) is 3. The molecule has 0 spiro atoms. The maximum absolute atomic E-state index is 12.8. The van der Waals surface area contributed by atoms with E-state index in [0.717, 1.165) is 38.1 Å². The van der Waals surface area contributed by atoms with Crippen LogP contribution in [0.2, 0.25) is 0 Å². The fourth-order valence-corrected chi connectivity index (χ4v) is 5.02. The summed E-state index contributed by atoms with van der Waals surface area (Å²) in [5.41, 5.74) is 0. The normalized spacial score (nSPS) is 15.3. The summed E-state index contributed by atoms with van der Waals surface area (Å²) in [6.45, 7) is 1.08. The minimum absolute atomic E-state index is 0.143. The molecular formula is C19H27N5O3S2. The zero-order valence-corrected chi connectivity index (χ0v) is 18.1. The molecular weight excluding hydrogens is 410 g/mol. The molecule has 1 atom stereocenters. The number of hydrogen-bond donors (Lipinski definition) is 2. The predicted octanol–water partition coefficient (Wildman–Crippen LogP) is 1.72. The molecule has 158 valence electrons. The topological polar surface area (TPSA) is 106 Å². The molecule has 29 heavy (non-hydrogen) atoms. The SMILES string of the molecule is CSCCC(NS(=O)(=O)c1ccccc1)C(=O)NCc1nnc2n1CCCCC2. The summed E-state index contributed by atoms with van der Waals surface area (Å²) in [4.78, 5) is 12.9. The van der Waals surface area contributed by atoms with Crippen molar-refractivity contribution in [1.82, 2.24) is 24.8 Å². The lowest BCUT2D eigenvalue weighted by atomic mass is 10.2. The number of carbonyl (C=O) groups is 1. The largest absolute Gasteiger partial charge is 0.347 e. The average Bonchev–Trinajstić information content (AvgIpc) is 2.95. The molecule has 3 rings (SSSR count). The molecule has 0 saturated heterocycles. The first-order valence-corrected chi connectivity index (χ1v) is 12.6. The number of fused-ring (bicyclic) bond motifs is 1. The molecule has 1 aliphatic heterocycles. The number of thioether (sulfide) groups is 1. The van der Waals surface area contributed by atoms with E-state index in [2.05, 4.69) is 24.8 Å². The van der Waals surface area contributed by atoms with Gasteiger partial charge in [-0.25, -0.2) is 8.42 Å². The number of rotatable bonds is 9. The van der Waals surface area contributed by atoms with Crippen LogP contribution in [0.1, 0.15) is 37.3 Å². The summed E-state index contributed by atoms with van der Waals surface area (Å²) in [6.07, 6.45) is 6.55. The molecule has 2 heterocycles. The number of amides is 1. The molecule has 1 aliphatic rings. The van der Waals surface area contributed by atoms with Crippen LogP contribution in [0, 0.1) is 0 Å². The number of aryl methyl sites for hydroxylation is 1. The predicted molar refractivity (Wildman–Crippen MR) is 113 cm³/mol. The number of carbonyl (C=O) groups excluding carboxylic acids is 1. The molecule has 0 aliphatic carbocycles. The van der Waals surface area contributed by atoms with Gasteiger partial charge in [0.1, 0.15) is 11.9 Å². The van der Waals surface area contributed by atoms with E-state index in [4.69, 9.17) is 0 Å². The lowest BCUT2D eigenvalue weighted by Crippen LogP contribution is -2.47. The van der Waals surface area contributed by atoms with E-state index < -0.39 is 16.1 Å². The summed E-state index contributed by atoms with van der Waals surface area (Å²) >= 11 is 1.56. The molecule has 10 heteroatoms. The molecule has 0 bridgehead atoms. The van der Waals surface area contributed by atoms with Crippen LogP contribution in [0.3, 0.4) is 0 Å². The second-order valence-corrected chi connectivity index (χ2v) is 9.68. The van der Waals surface area contributed by atoms with Crippen LogP contribution in [0.4, 0.5) is 0 Å². The van der Waals surface area contributed by atoms with Crippen molar-refractivity contribution < 1.29 is 13.2 Å². The van der Waals surface area contributed by atoms with E-state index in [0.29, 0.717) is 18.0 Å². The lowest BCUT2D eigenvalue weighted by Gasteiger charge is -2.18. The van der Waals surface area contributed by atoms with Crippen LogP contribution in [0.15, 0.2) is 35.2 Å². The van der Waals surface area contributed by atoms with E-state index in [9.17, 15) is 13.2 Å². The number of hydrogen-bond acceptors (Lipinski definition) is 6. The van der Waals surface area contributed by atoms with E-state index in [-0.39, 0.29) is 17.3 Å². The number of nitrogens with one attached hydrogen (secondary N) is 2. The average molecular weight is 438 g/mol. The fourth-order valence-electron chi connectivity index (χ4n) is 3.30. The van der Waals surface area contributed by atoms with Crippen molar-refractivity contribution in [3.8, 4) is 0 Å². The Hall–Kier alpha value is -1.91. The maximum atomic E-state index is 12.8. The second kappa shape index (κ2) is 10.2. The van der Waals surface area contributed by atoms with Crippen molar-refractivity contribution in [2.45, 2.75) is 56.1 Å². The lowest BCUT2D eigenvalue weighted by molar-refractivity contribution is -0.123. The summed E-state index contributed by atoms with van der Waals surface area (Å²) in [5.74, 6) is 1.97. The highest BCUT2D eigenvalue weighted by Crippen LogP contribution is 2.15. The van der Waals surface area contributed by atoms with E-state index in [1.165, 1.54) is 12.1 Å². The van der Waals surface area contributed by atoms with Gasteiger partial charge in [0.2, 0.25) is 15.9 Å². The molecule has 8 nitrogen and oxygen atoms in total. The van der Waals surface area contributed by atoms with Gasteiger partial charge in [-0.2, -0.15) is 16.5 Å². The van der Waals surface area contributed by atoms with Gasteiger partial charge in [-0.1, -0.05) is 24.6 Å². The molecule has 1 amide bonds. The third kappa shape index (κ3) is 5.80. The van der Waals surface area contributed by atoms with Gasteiger partial charge in [0.25, 0.3) is 0 Å². The van der Waals surface area contributed by atoms with Crippen LogP contribution in [-0.2, 0) is 34.3 Å². The Bertz CT molecular complexity index is 915. The van der Waals surface area contributed by atoms with E-state index in [1.54, 1.807) is 30.0 Å². The zero-order chi connectivity index (χ0) is 20.7. The summed E-state index contributed by atoms with van der Waals surface area (Å²) in [5, 5.41) is 11.3.